The lowest BCUT2D eigenvalue weighted by Gasteiger charge is -2.06. The van der Waals surface area contributed by atoms with Crippen LogP contribution in [0.25, 0.3) is 0 Å². The van der Waals surface area contributed by atoms with Gasteiger partial charge < -0.3 is 15.3 Å². The average Bonchev–Trinajstić information content (AvgIpc) is 2.79. The molecule has 1 aromatic carbocycles. The van der Waals surface area contributed by atoms with Crippen LogP contribution >= 0.6 is 0 Å². The second kappa shape index (κ2) is 4.86. The van der Waals surface area contributed by atoms with Gasteiger partial charge in [-0.2, -0.15) is 0 Å². The van der Waals surface area contributed by atoms with Crippen LogP contribution in [-0.4, -0.2) is 24.4 Å². The first-order chi connectivity index (χ1) is 8.22. The topological polar surface area (TPSA) is 73.9 Å². The Hall–Kier alpha value is -2.04. The summed E-state index contributed by atoms with van der Waals surface area (Å²) < 4.78 is 4.87. The second-order valence-electron chi connectivity index (χ2n) is 3.68. The summed E-state index contributed by atoms with van der Waals surface area (Å²) >= 11 is 0. The Morgan fingerprint density at radius 2 is 2.35 bits per heavy atom. The predicted octanol–water partition coefficient (Wildman–Crippen LogP) is 1.32. The summed E-state index contributed by atoms with van der Waals surface area (Å²) in [5.74, 6) is -0.388. The van der Waals surface area contributed by atoms with Crippen LogP contribution in [0.4, 0.5) is 5.69 Å². The Bertz CT molecular complexity index is 457. The number of nitrogen functional groups attached to an aromatic ring is 1. The van der Waals surface area contributed by atoms with Crippen molar-refractivity contribution >= 4 is 17.4 Å². The lowest BCUT2D eigenvalue weighted by atomic mass is 10.0. The van der Waals surface area contributed by atoms with Crippen LogP contribution in [0, 0.1) is 0 Å². The first-order valence-corrected chi connectivity index (χ1v) is 5.46. The van der Waals surface area contributed by atoms with E-state index in [1.54, 1.807) is 13.0 Å². The molecule has 2 N–H and O–H groups in total. The van der Waals surface area contributed by atoms with E-state index >= 15 is 0 Å². The van der Waals surface area contributed by atoms with Gasteiger partial charge in [-0.3, -0.25) is 0 Å². The highest BCUT2D eigenvalue weighted by molar-refractivity contribution is 6.06. The number of nitrogens with two attached hydrogens (primary N) is 1. The molecule has 5 heteroatoms. The van der Waals surface area contributed by atoms with Crippen LogP contribution < -0.4 is 5.73 Å². The summed E-state index contributed by atoms with van der Waals surface area (Å²) in [5.41, 5.74) is 7.94. The molecule has 1 unspecified atom stereocenters. The molecule has 0 saturated heterocycles. The third-order valence-corrected chi connectivity index (χ3v) is 2.49. The molecule has 0 spiro atoms. The first-order valence-electron chi connectivity index (χ1n) is 5.46. The maximum absolute atomic E-state index is 11.5. The molecule has 1 atom stereocenters. The number of hydrogen-bond acceptors (Lipinski definition) is 5. The summed E-state index contributed by atoms with van der Waals surface area (Å²) in [6, 6.07) is 7.35. The fraction of sp³-hybridized carbons (Fsp3) is 0.333. The number of anilines is 1. The van der Waals surface area contributed by atoms with Crippen LogP contribution in [-0.2, 0) is 14.4 Å². The van der Waals surface area contributed by atoms with Crippen molar-refractivity contribution in [2.24, 2.45) is 5.16 Å². The van der Waals surface area contributed by atoms with Crippen molar-refractivity contribution in [2.45, 2.75) is 19.4 Å². The van der Waals surface area contributed by atoms with Gasteiger partial charge in [0.15, 0.2) is 0 Å². The number of rotatable bonds is 3. The minimum atomic E-state index is -0.649. The minimum absolute atomic E-state index is 0.335. The summed E-state index contributed by atoms with van der Waals surface area (Å²) in [4.78, 5) is 16.5. The highest BCUT2D eigenvalue weighted by Crippen LogP contribution is 2.21. The normalized spacial score (nSPS) is 18.4. The Balaban J connectivity index is 2.08. The van der Waals surface area contributed by atoms with E-state index in [0.29, 0.717) is 24.4 Å². The molecular weight excluding hydrogens is 220 g/mol. The number of para-hydroxylation sites is 1. The van der Waals surface area contributed by atoms with Gasteiger partial charge in [-0.05, 0) is 13.0 Å². The molecule has 0 aliphatic carbocycles. The molecular formula is C12H14N2O3. The van der Waals surface area contributed by atoms with Crippen molar-refractivity contribution < 1.29 is 14.4 Å². The van der Waals surface area contributed by atoms with Gasteiger partial charge in [0, 0.05) is 17.7 Å². The lowest BCUT2D eigenvalue weighted by Crippen LogP contribution is -2.23. The third kappa shape index (κ3) is 2.38. The first kappa shape index (κ1) is 11.4. The zero-order valence-corrected chi connectivity index (χ0v) is 9.55. The van der Waals surface area contributed by atoms with E-state index in [1.165, 1.54) is 0 Å². The molecule has 1 heterocycles. The molecule has 2 rings (SSSR count). The number of benzene rings is 1. The lowest BCUT2D eigenvalue weighted by molar-refractivity contribution is -0.154. The van der Waals surface area contributed by atoms with Crippen molar-refractivity contribution in [1.29, 1.82) is 0 Å². The summed E-state index contributed by atoms with van der Waals surface area (Å²) in [6.07, 6.45) is -0.253. The number of hydrogen-bond donors (Lipinski definition) is 1. The maximum Gasteiger partial charge on any atom is 0.350 e. The molecule has 1 aliphatic heterocycles. The van der Waals surface area contributed by atoms with Crippen molar-refractivity contribution in [3.63, 3.8) is 0 Å². The SMILES string of the molecule is CCOC(=O)C1CC(c2ccccc2N)=NO1. The van der Waals surface area contributed by atoms with Gasteiger partial charge in [-0.1, -0.05) is 23.4 Å². The Morgan fingerprint density at radius 1 is 1.59 bits per heavy atom. The largest absolute Gasteiger partial charge is 0.463 e. The Kier molecular flexibility index (Phi) is 3.27. The van der Waals surface area contributed by atoms with Crippen molar-refractivity contribution in [1.82, 2.24) is 0 Å². The van der Waals surface area contributed by atoms with Gasteiger partial charge in [0.2, 0.25) is 6.10 Å². The molecule has 1 aliphatic rings. The van der Waals surface area contributed by atoms with E-state index in [4.69, 9.17) is 15.3 Å². The monoisotopic (exact) mass is 234 g/mol. The molecule has 17 heavy (non-hydrogen) atoms. The van der Waals surface area contributed by atoms with Gasteiger partial charge >= 0.3 is 5.97 Å². The molecule has 0 aromatic heterocycles. The van der Waals surface area contributed by atoms with Crippen LogP contribution in [0.2, 0.25) is 0 Å². The van der Waals surface area contributed by atoms with Gasteiger partial charge in [0.1, 0.15) is 0 Å². The van der Waals surface area contributed by atoms with Crippen LogP contribution in [0.15, 0.2) is 29.4 Å². The van der Waals surface area contributed by atoms with E-state index in [0.717, 1.165) is 5.56 Å². The molecule has 90 valence electrons. The fourth-order valence-electron chi connectivity index (χ4n) is 1.66. The predicted molar refractivity (Wildman–Crippen MR) is 63.5 cm³/mol. The zero-order valence-electron chi connectivity index (χ0n) is 9.55. The quantitative estimate of drug-likeness (QED) is 0.632. The van der Waals surface area contributed by atoms with Crippen LogP contribution in [0.5, 0.6) is 0 Å². The molecule has 5 nitrogen and oxygen atoms in total. The zero-order chi connectivity index (χ0) is 12.3. The van der Waals surface area contributed by atoms with Crippen LogP contribution in [0.3, 0.4) is 0 Å². The van der Waals surface area contributed by atoms with Crippen molar-refractivity contribution in [3.05, 3.63) is 29.8 Å². The summed E-state index contributed by atoms with van der Waals surface area (Å²) in [7, 11) is 0. The maximum atomic E-state index is 11.5. The summed E-state index contributed by atoms with van der Waals surface area (Å²) in [5, 5.41) is 3.89. The number of carbonyl (C=O) groups is 1. The average molecular weight is 234 g/mol. The highest BCUT2D eigenvalue weighted by atomic mass is 16.7. The van der Waals surface area contributed by atoms with Gasteiger partial charge in [-0.15, -0.1) is 0 Å². The summed E-state index contributed by atoms with van der Waals surface area (Å²) in [6.45, 7) is 2.09. The molecule has 0 fully saturated rings. The van der Waals surface area contributed by atoms with Gasteiger partial charge in [0.05, 0.1) is 12.3 Å². The number of ether oxygens (including phenoxy) is 1. The second-order valence-corrected chi connectivity index (χ2v) is 3.68. The number of nitrogens with zero attached hydrogens (tertiary/aromatic N) is 1. The molecule has 1 aromatic rings. The van der Waals surface area contributed by atoms with Gasteiger partial charge in [-0.25, -0.2) is 4.79 Å². The molecule has 0 radical (unpaired) electrons. The number of carbonyl (C=O) groups excluding carboxylic acids is 1. The molecule has 0 bridgehead atoms. The molecule has 0 saturated carbocycles. The highest BCUT2D eigenvalue weighted by Gasteiger charge is 2.30. The number of oxime groups is 1. The fourth-order valence-corrected chi connectivity index (χ4v) is 1.66. The van der Waals surface area contributed by atoms with E-state index in [2.05, 4.69) is 5.16 Å². The van der Waals surface area contributed by atoms with E-state index in [9.17, 15) is 4.79 Å². The van der Waals surface area contributed by atoms with E-state index in [1.807, 2.05) is 18.2 Å². The minimum Gasteiger partial charge on any atom is -0.463 e. The number of esters is 1. The van der Waals surface area contributed by atoms with Gasteiger partial charge in [0.25, 0.3) is 0 Å². The Labute approximate surface area is 99.2 Å². The third-order valence-electron chi connectivity index (χ3n) is 2.49. The van der Waals surface area contributed by atoms with E-state index in [-0.39, 0.29) is 5.97 Å². The van der Waals surface area contributed by atoms with Crippen LogP contribution in [0.1, 0.15) is 18.9 Å². The standard InChI is InChI=1S/C12H14N2O3/c1-2-16-12(15)11-7-10(14-17-11)8-5-3-4-6-9(8)13/h3-6,11H,2,7,13H2,1H3. The Morgan fingerprint density at radius 3 is 3.06 bits per heavy atom. The van der Waals surface area contributed by atoms with Crippen molar-refractivity contribution in [2.75, 3.05) is 12.3 Å². The van der Waals surface area contributed by atoms with E-state index < -0.39 is 6.10 Å². The smallest absolute Gasteiger partial charge is 0.350 e. The van der Waals surface area contributed by atoms with Crippen molar-refractivity contribution in [3.8, 4) is 0 Å². The molecule has 0 amide bonds.